The first kappa shape index (κ1) is 17.9. The molecule has 4 heterocycles. The minimum atomic E-state index is 0.0909. The average Bonchev–Trinajstić information content (AvgIpc) is 3.40. The Kier molecular flexibility index (Phi) is 4.56. The van der Waals surface area contributed by atoms with E-state index in [0.29, 0.717) is 6.54 Å². The van der Waals surface area contributed by atoms with E-state index in [1.54, 1.807) is 13.3 Å². The molecular formula is C23H24N4O2. The second-order valence-electron chi connectivity index (χ2n) is 7.73. The molecule has 1 aromatic carbocycles. The number of carbonyl (C=O) groups excluding carboxylic acids is 1. The van der Waals surface area contributed by atoms with Gasteiger partial charge < -0.3 is 14.2 Å². The maximum absolute atomic E-state index is 13.2. The molecule has 5 rings (SSSR count). The zero-order chi connectivity index (χ0) is 19.8. The van der Waals surface area contributed by atoms with E-state index in [-0.39, 0.29) is 18.0 Å². The smallest absolute Gasteiger partial charge is 0.271 e. The van der Waals surface area contributed by atoms with Crippen LogP contribution in [0.5, 0.6) is 5.75 Å². The standard InChI is InChI=1S/C23H24N4O2/c1-29-19-9-7-17(8-10-19)13-25-15-21-22(16-25)27(14-18-5-2-3-11-24-18)23(28)20-6-4-12-26(20)21/h2-12,21-22H,13-16H2,1H3/t21-,22-/m1/s1. The van der Waals surface area contributed by atoms with Crippen LogP contribution in [0.1, 0.15) is 27.8 Å². The van der Waals surface area contributed by atoms with E-state index in [1.807, 2.05) is 53.6 Å². The minimum absolute atomic E-state index is 0.0909. The Bertz CT molecular complexity index is 999. The summed E-state index contributed by atoms with van der Waals surface area (Å²) in [5.41, 5.74) is 2.95. The highest BCUT2D eigenvalue weighted by Gasteiger charge is 2.44. The van der Waals surface area contributed by atoms with Crippen molar-refractivity contribution in [3.63, 3.8) is 0 Å². The minimum Gasteiger partial charge on any atom is -0.497 e. The molecule has 29 heavy (non-hydrogen) atoms. The molecule has 1 saturated heterocycles. The van der Waals surface area contributed by atoms with Crippen molar-refractivity contribution < 1.29 is 9.53 Å². The molecule has 0 radical (unpaired) electrons. The molecule has 2 aliphatic rings. The molecule has 2 aromatic heterocycles. The van der Waals surface area contributed by atoms with E-state index in [2.05, 4.69) is 26.6 Å². The molecule has 1 amide bonds. The average molecular weight is 388 g/mol. The van der Waals surface area contributed by atoms with Gasteiger partial charge in [0.15, 0.2) is 0 Å². The molecule has 148 valence electrons. The van der Waals surface area contributed by atoms with Crippen molar-refractivity contribution in [3.8, 4) is 5.75 Å². The number of hydrogen-bond acceptors (Lipinski definition) is 4. The van der Waals surface area contributed by atoms with Crippen LogP contribution in [0, 0.1) is 0 Å². The van der Waals surface area contributed by atoms with Crippen LogP contribution in [0.15, 0.2) is 67.0 Å². The SMILES string of the molecule is COc1ccc(CN2C[C@@H]3[C@@H](C2)n2cccc2C(=O)N3Cc2ccccn2)cc1. The molecule has 0 bridgehead atoms. The maximum Gasteiger partial charge on any atom is 0.271 e. The lowest BCUT2D eigenvalue weighted by atomic mass is 10.1. The third kappa shape index (κ3) is 3.29. The highest BCUT2D eigenvalue weighted by Crippen LogP contribution is 2.35. The van der Waals surface area contributed by atoms with E-state index in [1.165, 1.54) is 5.56 Å². The van der Waals surface area contributed by atoms with Crippen LogP contribution in [0.3, 0.4) is 0 Å². The first-order chi connectivity index (χ1) is 14.2. The highest BCUT2D eigenvalue weighted by atomic mass is 16.5. The lowest BCUT2D eigenvalue weighted by molar-refractivity contribution is 0.0553. The predicted octanol–water partition coefficient (Wildman–Crippen LogP) is 2.97. The van der Waals surface area contributed by atoms with Gasteiger partial charge in [-0.05, 0) is 42.0 Å². The Morgan fingerprint density at radius 3 is 2.59 bits per heavy atom. The third-order valence-electron chi connectivity index (χ3n) is 5.97. The number of likely N-dealkylation sites (tertiary alicyclic amines) is 1. The van der Waals surface area contributed by atoms with Crippen LogP contribution >= 0.6 is 0 Å². The van der Waals surface area contributed by atoms with Crippen molar-refractivity contribution in [2.24, 2.45) is 0 Å². The fourth-order valence-corrected chi connectivity index (χ4v) is 4.56. The number of methoxy groups -OCH3 is 1. The number of pyridine rings is 1. The number of amides is 1. The Morgan fingerprint density at radius 2 is 1.83 bits per heavy atom. The second kappa shape index (κ2) is 7.37. The molecule has 6 nitrogen and oxygen atoms in total. The number of hydrogen-bond donors (Lipinski definition) is 0. The summed E-state index contributed by atoms with van der Waals surface area (Å²) in [6.45, 7) is 3.18. The van der Waals surface area contributed by atoms with Gasteiger partial charge in [-0.1, -0.05) is 18.2 Å². The van der Waals surface area contributed by atoms with Gasteiger partial charge in [-0.3, -0.25) is 14.7 Å². The van der Waals surface area contributed by atoms with E-state index in [4.69, 9.17) is 4.74 Å². The predicted molar refractivity (Wildman–Crippen MR) is 110 cm³/mol. The monoisotopic (exact) mass is 388 g/mol. The maximum atomic E-state index is 13.2. The number of nitrogens with zero attached hydrogens (tertiary/aromatic N) is 4. The molecule has 6 heteroatoms. The largest absolute Gasteiger partial charge is 0.497 e. The molecule has 0 saturated carbocycles. The molecule has 1 fully saturated rings. The first-order valence-electron chi connectivity index (χ1n) is 9.96. The van der Waals surface area contributed by atoms with Crippen LogP contribution in [0.4, 0.5) is 0 Å². The van der Waals surface area contributed by atoms with E-state index in [0.717, 1.165) is 36.8 Å². The van der Waals surface area contributed by atoms with Gasteiger partial charge in [-0.2, -0.15) is 0 Å². The summed E-state index contributed by atoms with van der Waals surface area (Å²) in [7, 11) is 1.68. The van der Waals surface area contributed by atoms with Crippen molar-refractivity contribution in [2.75, 3.05) is 20.2 Å². The van der Waals surface area contributed by atoms with Crippen molar-refractivity contribution in [1.29, 1.82) is 0 Å². The molecule has 2 atom stereocenters. The lowest BCUT2D eigenvalue weighted by Crippen LogP contribution is -2.49. The van der Waals surface area contributed by atoms with Crippen molar-refractivity contribution in [1.82, 2.24) is 19.4 Å². The zero-order valence-electron chi connectivity index (χ0n) is 16.4. The topological polar surface area (TPSA) is 50.6 Å². The molecule has 2 aliphatic heterocycles. The van der Waals surface area contributed by atoms with Crippen molar-refractivity contribution in [2.45, 2.75) is 25.2 Å². The van der Waals surface area contributed by atoms with Crippen LogP contribution < -0.4 is 4.74 Å². The summed E-state index contributed by atoms with van der Waals surface area (Å²) >= 11 is 0. The van der Waals surface area contributed by atoms with Crippen molar-refractivity contribution >= 4 is 5.91 Å². The van der Waals surface area contributed by atoms with Gasteiger partial charge in [0.25, 0.3) is 5.91 Å². The molecule has 3 aromatic rings. The molecule has 0 spiro atoms. The van der Waals surface area contributed by atoms with E-state index < -0.39 is 0 Å². The quantitative estimate of drug-likeness (QED) is 0.674. The van der Waals surface area contributed by atoms with Crippen LogP contribution in [-0.4, -0.2) is 51.5 Å². The van der Waals surface area contributed by atoms with Gasteiger partial charge in [0.1, 0.15) is 11.4 Å². The fourth-order valence-electron chi connectivity index (χ4n) is 4.56. The zero-order valence-corrected chi connectivity index (χ0v) is 16.4. The summed E-state index contributed by atoms with van der Waals surface area (Å²) in [6, 6.07) is 18.4. The number of carbonyl (C=O) groups is 1. The summed E-state index contributed by atoms with van der Waals surface area (Å²) in [5, 5.41) is 0. The summed E-state index contributed by atoms with van der Waals surface area (Å²) in [5.74, 6) is 0.959. The third-order valence-corrected chi connectivity index (χ3v) is 5.97. The number of benzene rings is 1. The summed E-state index contributed by atoms with van der Waals surface area (Å²) in [6.07, 6.45) is 3.83. The fraction of sp³-hybridized carbons (Fsp3) is 0.304. The molecule has 0 aliphatic carbocycles. The first-order valence-corrected chi connectivity index (χ1v) is 9.96. The number of rotatable bonds is 5. The van der Waals surface area contributed by atoms with Crippen molar-refractivity contribution in [3.05, 3.63) is 83.9 Å². The van der Waals surface area contributed by atoms with E-state index in [9.17, 15) is 4.79 Å². The Balaban J connectivity index is 1.40. The van der Waals surface area contributed by atoms with E-state index >= 15 is 0 Å². The van der Waals surface area contributed by atoms with Gasteiger partial charge in [-0.25, -0.2) is 0 Å². The van der Waals surface area contributed by atoms with Crippen LogP contribution in [0.25, 0.3) is 0 Å². The Hall–Kier alpha value is -3.12. The number of aromatic nitrogens is 2. The second-order valence-corrected chi connectivity index (χ2v) is 7.73. The highest BCUT2D eigenvalue weighted by molar-refractivity contribution is 5.94. The molecule has 0 N–H and O–H groups in total. The molecule has 0 unspecified atom stereocenters. The number of fused-ring (bicyclic) bond motifs is 3. The summed E-state index contributed by atoms with van der Waals surface area (Å²) in [4.78, 5) is 22.1. The normalized spacial score (nSPS) is 21.1. The molecular weight excluding hydrogens is 364 g/mol. The summed E-state index contributed by atoms with van der Waals surface area (Å²) < 4.78 is 7.42. The van der Waals surface area contributed by atoms with Gasteiger partial charge in [0.05, 0.1) is 31.4 Å². The van der Waals surface area contributed by atoms with Gasteiger partial charge in [0.2, 0.25) is 0 Å². The lowest BCUT2D eigenvalue weighted by Gasteiger charge is -2.38. The van der Waals surface area contributed by atoms with Crippen LogP contribution in [0.2, 0.25) is 0 Å². The number of ether oxygens (including phenoxy) is 1. The van der Waals surface area contributed by atoms with Gasteiger partial charge in [0, 0.05) is 32.0 Å². The van der Waals surface area contributed by atoms with Gasteiger partial charge in [-0.15, -0.1) is 0 Å². The Morgan fingerprint density at radius 1 is 1.00 bits per heavy atom. The van der Waals surface area contributed by atoms with Crippen LogP contribution in [-0.2, 0) is 13.1 Å². The van der Waals surface area contributed by atoms with Gasteiger partial charge >= 0.3 is 0 Å². The Labute approximate surface area is 170 Å².